The molecule has 0 amide bonds. The number of aliphatic carboxylic acids is 1. The van der Waals surface area contributed by atoms with Gasteiger partial charge in [0.05, 0.1) is 6.61 Å². The van der Waals surface area contributed by atoms with Crippen LogP contribution in [0.25, 0.3) is 0 Å². The summed E-state index contributed by atoms with van der Waals surface area (Å²) in [5, 5.41) is 8.27. The smallest absolute Gasteiger partial charge is 0.417 e. The van der Waals surface area contributed by atoms with E-state index in [1.165, 1.54) is 0 Å². The molecule has 0 bridgehead atoms. The van der Waals surface area contributed by atoms with Crippen molar-refractivity contribution in [2.75, 3.05) is 6.61 Å². The van der Waals surface area contributed by atoms with Crippen molar-refractivity contribution in [3.63, 3.8) is 0 Å². The number of carboxylic acids is 1. The predicted molar refractivity (Wildman–Crippen MR) is 51.9 cm³/mol. The van der Waals surface area contributed by atoms with Crippen LogP contribution in [0.1, 0.15) is 39.5 Å². The van der Waals surface area contributed by atoms with Crippen molar-refractivity contribution < 1.29 is 19.4 Å². The Morgan fingerprint density at radius 1 is 1.36 bits per heavy atom. The molecule has 1 atom stereocenters. The first-order chi connectivity index (χ1) is 6.61. The highest BCUT2D eigenvalue weighted by molar-refractivity contribution is 6.28. The van der Waals surface area contributed by atoms with Gasteiger partial charge in [-0.3, -0.25) is 0 Å². The van der Waals surface area contributed by atoms with E-state index in [0.29, 0.717) is 5.92 Å². The van der Waals surface area contributed by atoms with Crippen LogP contribution in [-0.4, -0.2) is 23.7 Å². The Morgan fingerprint density at radius 3 is 2.43 bits per heavy atom. The van der Waals surface area contributed by atoms with E-state index < -0.39 is 11.9 Å². The summed E-state index contributed by atoms with van der Waals surface area (Å²) in [7, 11) is 0. The molecule has 4 heteroatoms. The summed E-state index contributed by atoms with van der Waals surface area (Å²) in [4.78, 5) is 20.8. The predicted octanol–water partition coefficient (Wildman–Crippen LogP) is 1.83. The summed E-state index contributed by atoms with van der Waals surface area (Å²) in [6, 6.07) is 0. The maximum absolute atomic E-state index is 10.6. The van der Waals surface area contributed by atoms with Crippen LogP contribution >= 0.6 is 0 Å². The van der Waals surface area contributed by atoms with Gasteiger partial charge in [-0.1, -0.05) is 33.1 Å². The fraction of sp³-hybridized carbons (Fsp3) is 0.800. The van der Waals surface area contributed by atoms with E-state index in [-0.39, 0.29) is 6.61 Å². The van der Waals surface area contributed by atoms with Crippen LogP contribution in [0, 0.1) is 5.92 Å². The molecular formula is C10H18O4. The average Bonchev–Trinajstić information content (AvgIpc) is 2.17. The normalized spacial score (nSPS) is 12.1. The van der Waals surface area contributed by atoms with Crippen molar-refractivity contribution >= 4 is 11.9 Å². The lowest BCUT2D eigenvalue weighted by Crippen LogP contribution is -2.20. The van der Waals surface area contributed by atoms with E-state index >= 15 is 0 Å². The van der Waals surface area contributed by atoms with Gasteiger partial charge < -0.3 is 9.84 Å². The third kappa shape index (κ3) is 5.56. The molecule has 14 heavy (non-hydrogen) atoms. The molecule has 4 nitrogen and oxygen atoms in total. The van der Waals surface area contributed by atoms with Crippen LogP contribution in [0.4, 0.5) is 0 Å². The van der Waals surface area contributed by atoms with E-state index in [9.17, 15) is 9.59 Å². The van der Waals surface area contributed by atoms with Crippen LogP contribution in [0.5, 0.6) is 0 Å². The van der Waals surface area contributed by atoms with E-state index in [0.717, 1.165) is 25.7 Å². The molecule has 1 unspecified atom stereocenters. The van der Waals surface area contributed by atoms with Gasteiger partial charge in [-0.05, 0) is 12.3 Å². The van der Waals surface area contributed by atoms with Gasteiger partial charge in [-0.2, -0.15) is 0 Å². The molecule has 0 heterocycles. The Hall–Kier alpha value is -1.06. The monoisotopic (exact) mass is 202 g/mol. The Morgan fingerprint density at radius 2 is 2.00 bits per heavy atom. The number of unbranched alkanes of at least 4 members (excludes halogenated alkanes) is 1. The molecule has 0 aliphatic heterocycles. The van der Waals surface area contributed by atoms with Crippen molar-refractivity contribution in [3.05, 3.63) is 0 Å². The summed E-state index contributed by atoms with van der Waals surface area (Å²) in [5.41, 5.74) is 0. The summed E-state index contributed by atoms with van der Waals surface area (Å²) < 4.78 is 4.62. The van der Waals surface area contributed by atoms with Crippen LogP contribution in [-0.2, 0) is 14.3 Å². The maximum atomic E-state index is 10.6. The van der Waals surface area contributed by atoms with Crippen LogP contribution < -0.4 is 0 Å². The lowest BCUT2D eigenvalue weighted by molar-refractivity contribution is -0.164. The minimum atomic E-state index is -1.52. The van der Waals surface area contributed by atoms with E-state index in [1.807, 2.05) is 6.92 Å². The second-order valence-electron chi connectivity index (χ2n) is 3.32. The molecule has 0 aliphatic rings. The highest BCUT2D eigenvalue weighted by Gasteiger charge is 2.15. The molecule has 0 saturated heterocycles. The van der Waals surface area contributed by atoms with E-state index in [4.69, 9.17) is 5.11 Å². The molecular weight excluding hydrogens is 184 g/mol. The van der Waals surface area contributed by atoms with Crippen molar-refractivity contribution in [3.8, 4) is 0 Å². The number of carbonyl (C=O) groups is 2. The first kappa shape index (κ1) is 12.9. The molecule has 0 radical (unpaired) electrons. The van der Waals surface area contributed by atoms with Gasteiger partial charge in [0.25, 0.3) is 0 Å². The maximum Gasteiger partial charge on any atom is 0.417 e. The second kappa shape index (κ2) is 7.35. The lowest BCUT2D eigenvalue weighted by Gasteiger charge is -2.13. The zero-order chi connectivity index (χ0) is 11.0. The highest BCUT2D eigenvalue weighted by atomic mass is 16.6. The second-order valence-corrected chi connectivity index (χ2v) is 3.32. The zero-order valence-electron chi connectivity index (χ0n) is 8.78. The molecule has 0 spiro atoms. The lowest BCUT2D eigenvalue weighted by atomic mass is 10.0. The number of carboxylic acid groups (broad SMARTS) is 1. The third-order valence-corrected chi connectivity index (χ3v) is 2.17. The van der Waals surface area contributed by atoms with Gasteiger partial charge in [0.15, 0.2) is 0 Å². The molecule has 1 N–H and O–H groups in total. The summed E-state index contributed by atoms with van der Waals surface area (Å²) in [6.45, 7) is 4.33. The summed E-state index contributed by atoms with van der Waals surface area (Å²) in [5.74, 6) is -2.38. The molecule has 82 valence electrons. The Bertz CT molecular complexity index is 189. The standard InChI is InChI=1S/C10H18O4/c1-3-5-6-8(4-2)7-14-10(13)9(11)12/h8H,3-7H2,1-2H3,(H,11,12). The minimum absolute atomic E-state index is 0.224. The van der Waals surface area contributed by atoms with E-state index in [1.54, 1.807) is 0 Å². The first-order valence-corrected chi connectivity index (χ1v) is 5.01. The number of hydrogen-bond donors (Lipinski definition) is 1. The van der Waals surface area contributed by atoms with Gasteiger partial charge in [0.2, 0.25) is 0 Å². The molecule has 0 aromatic carbocycles. The fourth-order valence-corrected chi connectivity index (χ4v) is 1.15. The van der Waals surface area contributed by atoms with Gasteiger partial charge in [0, 0.05) is 0 Å². The van der Waals surface area contributed by atoms with Gasteiger partial charge in [-0.25, -0.2) is 9.59 Å². The molecule has 0 aromatic heterocycles. The largest absolute Gasteiger partial charge is 0.473 e. The Balaban J connectivity index is 3.71. The molecule has 0 rings (SSSR count). The summed E-state index contributed by atoms with van der Waals surface area (Å²) in [6.07, 6.45) is 4.08. The first-order valence-electron chi connectivity index (χ1n) is 5.01. The summed E-state index contributed by atoms with van der Waals surface area (Å²) >= 11 is 0. The molecule has 0 aromatic rings. The third-order valence-electron chi connectivity index (χ3n) is 2.17. The van der Waals surface area contributed by atoms with Crippen LogP contribution in [0.3, 0.4) is 0 Å². The minimum Gasteiger partial charge on any atom is -0.473 e. The quantitative estimate of drug-likeness (QED) is 0.527. The highest BCUT2D eigenvalue weighted by Crippen LogP contribution is 2.12. The van der Waals surface area contributed by atoms with Gasteiger partial charge in [0.1, 0.15) is 0 Å². The molecule has 0 fully saturated rings. The molecule has 0 saturated carbocycles. The number of rotatable bonds is 6. The Kier molecular flexibility index (Phi) is 6.80. The van der Waals surface area contributed by atoms with Crippen molar-refractivity contribution in [1.29, 1.82) is 0 Å². The number of carbonyl (C=O) groups excluding carboxylic acids is 1. The van der Waals surface area contributed by atoms with Crippen LogP contribution in [0.2, 0.25) is 0 Å². The van der Waals surface area contributed by atoms with Crippen molar-refractivity contribution in [2.24, 2.45) is 5.92 Å². The van der Waals surface area contributed by atoms with E-state index in [2.05, 4.69) is 11.7 Å². The van der Waals surface area contributed by atoms with Gasteiger partial charge in [-0.15, -0.1) is 0 Å². The Labute approximate surface area is 84.3 Å². The number of ether oxygens (including phenoxy) is 1. The number of hydrogen-bond acceptors (Lipinski definition) is 3. The average molecular weight is 202 g/mol. The van der Waals surface area contributed by atoms with Crippen molar-refractivity contribution in [2.45, 2.75) is 39.5 Å². The zero-order valence-corrected chi connectivity index (χ0v) is 8.78. The molecule has 0 aliphatic carbocycles. The number of esters is 1. The van der Waals surface area contributed by atoms with Crippen LogP contribution in [0.15, 0.2) is 0 Å². The van der Waals surface area contributed by atoms with Gasteiger partial charge >= 0.3 is 11.9 Å². The van der Waals surface area contributed by atoms with Crippen molar-refractivity contribution in [1.82, 2.24) is 0 Å². The topological polar surface area (TPSA) is 63.6 Å². The fourth-order valence-electron chi connectivity index (χ4n) is 1.15. The SMILES string of the molecule is CCCCC(CC)COC(=O)C(=O)O.